The largest absolute Gasteiger partial charge is 0.492 e. The summed E-state index contributed by atoms with van der Waals surface area (Å²) in [5.74, 6) is 0.0454. The van der Waals surface area contributed by atoms with E-state index in [0.717, 1.165) is 11.3 Å². The van der Waals surface area contributed by atoms with E-state index < -0.39 is 5.97 Å². The maximum atomic E-state index is 12.4. The Balaban J connectivity index is 2.65. The van der Waals surface area contributed by atoms with E-state index in [0.29, 0.717) is 18.0 Å². The topological polar surface area (TPSA) is 53.4 Å². The fraction of sp³-hybridized carbons (Fsp3) is 0.500. The Morgan fingerprint density at radius 1 is 1.12 bits per heavy atom. The summed E-state index contributed by atoms with van der Waals surface area (Å²) in [6.45, 7) is 12.9. The first-order chi connectivity index (χ1) is 11.6. The monoisotopic (exact) mass is 344 g/mol. The first-order valence-corrected chi connectivity index (χ1v) is 8.40. The van der Waals surface area contributed by atoms with Crippen LogP contribution < -0.4 is 4.74 Å². The lowest BCUT2D eigenvalue weighted by Crippen LogP contribution is -2.15. The van der Waals surface area contributed by atoms with Crippen LogP contribution in [0, 0.1) is 20.8 Å². The number of aromatic nitrogens is 2. The van der Waals surface area contributed by atoms with E-state index in [1.165, 1.54) is 23.8 Å². The van der Waals surface area contributed by atoms with E-state index in [1.807, 2.05) is 20.8 Å². The summed E-state index contributed by atoms with van der Waals surface area (Å²) in [5.41, 5.74) is 5.59. The molecule has 0 radical (unpaired) electrons. The number of nitrogens with zero attached hydrogens (tertiary/aromatic N) is 2. The van der Waals surface area contributed by atoms with Crippen molar-refractivity contribution in [3.8, 4) is 5.75 Å². The number of aryl methyl sites for hydroxylation is 3. The minimum atomic E-state index is -0.442. The number of benzene rings is 1. The molecule has 0 amide bonds. The van der Waals surface area contributed by atoms with Crippen LogP contribution in [0.1, 0.15) is 59.2 Å². The minimum absolute atomic E-state index is 0.253. The van der Waals surface area contributed by atoms with E-state index in [9.17, 15) is 4.79 Å². The zero-order chi connectivity index (χ0) is 18.9. The van der Waals surface area contributed by atoms with Gasteiger partial charge in [-0.1, -0.05) is 38.5 Å². The third kappa shape index (κ3) is 3.70. The summed E-state index contributed by atoms with van der Waals surface area (Å²) in [5, 5.41) is 4.71. The molecule has 0 N–H and O–H groups in total. The summed E-state index contributed by atoms with van der Waals surface area (Å²) in [6, 6.07) is 4.29. The van der Waals surface area contributed by atoms with E-state index in [4.69, 9.17) is 14.6 Å². The molecule has 0 fully saturated rings. The van der Waals surface area contributed by atoms with Gasteiger partial charge in [-0.05, 0) is 37.5 Å². The van der Waals surface area contributed by atoms with Crippen molar-refractivity contribution in [1.82, 2.24) is 9.78 Å². The lowest BCUT2D eigenvalue weighted by Gasteiger charge is -2.16. The Hall–Kier alpha value is -2.30. The van der Waals surface area contributed by atoms with Crippen molar-refractivity contribution < 1.29 is 14.3 Å². The smallest absolute Gasteiger partial charge is 0.360 e. The highest BCUT2D eigenvalue weighted by Crippen LogP contribution is 2.34. The van der Waals surface area contributed by atoms with Gasteiger partial charge < -0.3 is 9.47 Å². The van der Waals surface area contributed by atoms with Crippen molar-refractivity contribution in [3.63, 3.8) is 0 Å². The van der Waals surface area contributed by atoms with Crippen LogP contribution in [0.5, 0.6) is 5.75 Å². The molecule has 136 valence electrons. The van der Waals surface area contributed by atoms with Crippen molar-refractivity contribution in [2.24, 2.45) is 0 Å². The van der Waals surface area contributed by atoms with Crippen LogP contribution in [0.2, 0.25) is 0 Å². The number of esters is 1. The summed E-state index contributed by atoms with van der Waals surface area (Å²) in [7, 11) is 2.93. The van der Waals surface area contributed by atoms with Gasteiger partial charge in [0.2, 0.25) is 0 Å². The zero-order valence-corrected chi connectivity index (χ0v) is 16.5. The molecule has 0 aliphatic heterocycles. The van der Waals surface area contributed by atoms with Gasteiger partial charge in [-0.25, -0.2) is 9.48 Å². The summed E-state index contributed by atoms with van der Waals surface area (Å²) < 4.78 is 12.2. The second kappa shape index (κ2) is 6.90. The molecule has 0 saturated carbocycles. The van der Waals surface area contributed by atoms with Gasteiger partial charge in [0.15, 0.2) is 11.4 Å². The highest BCUT2D eigenvalue weighted by Gasteiger charge is 2.31. The number of carbonyl (C=O) groups excluding carboxylic acids is 1. The molecule has 0 atom stereocenters. The number of methoxy groups -OCH3 is 2. The number of hydrogen-bond acceptors (Lipinski definition) is 4. The van der Waals surface area contributed by atoms with Crippen LogP contribution in [0.4, 0.5) is 0 Å². The van der Waals surface area contributed by atoms with Gasteiger partial charge in [-0.15, -0.1) is 0 Å². The molecule has 0 bridgehead atoms. The number of hydrogen-bond donors (Lipinski definition) is 0. The Morgan fingerprint density at radius 2 is 1.68 bits per heavy atom. The maximum absolute atomic E-state index is 12.4. The van der Waals surface area contributed by atoms with Crippen molar-refractivity contribution in [1.29, 1.82) is 0 Å². The Kier molecular flexibility index (Phi) is 5.26. The molecule has 2 rings (SSSR count). The molecule has 5 heteroatoms. The molecule has 0 aliphatic carbocycles. The van der Waals surface area contributed by atoms with Crippen molar-refractivity contribution in [2.75, 3.05) is 14.2 Å². The first-order valence-electron chi connectivity index (χ1n) is 8.40. The van der Waals surface area contributed by atoms with Crippen LogP contribution in [-0.2, 0) is 16.7 Å². The van der Waals surface area contributed by atoms with Crippen LogP contribution in [-0.4, -0.2) is 30.0 Å². The van der Waals surface area contributed by atoms with Gasteiger partial charge in [0, 0.05) is 5.41 Å². The molecule has 25 heavy (non-hydrogen) atoms. The Labute approximate surface area is 149 Å². The predicted molar refractivity (Wildman–Crippen MR) is 98.6 cm³/mol. The molecule has 0 saturated heterocycles. The number of rotatable bonds is 4. The number of ether oxygens (including phenoxy) is 2. The quantitative estimate of drug-likeness (QED) is 0.788. The van der Waals surface area contributed by atoms with Crippen LogP contribution in [0.3, 0.4) is 0 Å². The molecular weight excluding hydrogens is 316 g/mol. The maximum Gasteiger partial charge on any atom is 0.360 e. The van der Waals surface area contributed by atoms with E-state index >= 15 is 0 Å². The second-order valence-electron chi connectivity index (χ2n) is 7.51. The SMILES string of the molecule is COC(=O)c1c(OC)c(C(C)(C)C)nn1Cc1c(C)cc(C)cc1C. The van der Waals surface area contributed by atoms with Gasteiger partial charge in [0.05, 0.1) is 20.8 Å². The molecule has 2 aromatic rings. The van der Waals surface area contributed by atoms with Gasteiger partial charge >= 0.3 is 5.97 Å². The summed E-state index contributed by atoms with van der Waals surface area (Å²) >= 11 is 0. The van der Waals surface area contributed by atoms with E-state index in [2.05, 4.69) is 32.9 Å². The summed E-state index contributed by atoms with van der Waals surface area (Å²) in [4.78, 5) is 12.4. The van der Waals surface area contributed by atoms with Gasteiger partial charge in [0.25, 0.3) is 0 Å². The standard InChI is InChI=1S/C20H28N2O3/c1-12-9-13(2)15(14(3)10-12)11-22-16(19(23)25-8)17(24-7)18(21-22)20(4,5)6/h9-10H,11H2,1-8H3. The summed E-state index contributed by atoms with van der Waals surface area (Å²) in [6.07, 6.45) is 0. The average Bonchev–Trinajstić information content (AvgIpc) is 2.88. The van der Waals surface area contributed by atoms with Crippen LogP contribution >= 0.6 is 0 Å². The number of carbonyl (C=O) groups is 1. The molecule has 0 aliphatic rings. The van der Waals surface area contributed by atoms with Crippen LogP contribution in [0.15, 0.2) is 12.1 Å². The highest BCUT2D eigenvalue weighted by atomic mass is 16.5. The van der Waals surface area contributed by atoms with E-state index in [-0.39, 0.29) is 5.41 Å². The van der Waals surface area contributed by atoms with Crippen molar-refractivity contribution in [3.05, 3.63) is 45.8 Å². The molecule has 1 aromatic carbocycles. The van der Waals surface area contributed by atoms with Gasteiger partial charge in [0.1, 0.15) is 5.69 Å². The Morgan fingerprint density at radius 3 is 2.12 bits per heavy atom. The fourth-order valence-corrected chi connectivity index (χ4v) is 3.15. The van der Waals surface area contributed by atoms with E-state index in [1.54, 1.807) is 11.8 Å². The molecule has 5 nitrogen and oxygen atoms in total. The molecule has 1 aromatic heterocycles. The lowest BCUT2D eigenvalue weighted by atomic mass is 9.91. The average molecular weight is 344 g/mol. The van der Waals surface area contributed by atoms with Crippen molar-refractivity contribution in [2.45, 2.75) is 53.5 Å². The van der Waals surface area contributed by atoms with Crippen LogP contribution in [0.25, 0.3) is 0 Å². The Bertz CT molecular complexity index is 775. The van der Waals surface area contributed by atoms with Gasteiger partial charge in [-0.3, -0.25) is 0 Å². The second-order valence-corrected chi connectivity index (χ2v) is 7.51. The third-order valence-corrected chi connectivity index (χ3v) is 4.35. The molecule has 1 heterocycles. The van der Waals surface area contributed by atoms with Gasteiger partial charge in [-0.2, -0.15) is 5.10 Å². The molecular formula is C20H28N2O3. The fourth-order valence-electron chi connectivity index (χ4n) is 3.15. The first kappa shape index (κ1) is 19.0. The molecule has 0 unspecified atom stereocenters. The molecule has 0 spiro atoms. The zero-order valence-electron chi connectivity index (χ0n) is 16.5. The van der Waals surface area contributed by atoms with Crippen molar-refractivity contribution >= 4 is 5.97 Å². The third-order valence-electron chi connectivity index (χ3n) is 4.35. The lowest BCUT2D eigenvalue weighted by molar-refractivity contribution is 0.0583. The minimum Gasteiger partial charge on any atom is -0.492 e. The normalized spacial score (nSPS) is 11.5. The highest BCUT2D eigenvalue weighted by molar-refractivity contribution is 5.91. The predicted octanol–water partition coefficient (Wildman–Crippen LogP) is 3.95.